The van der Waals surface area contributed by atoms with Crippen LogP contribution in [0.2, 0.25) is 0 Å². The number of carbonyl (C=O) groups excluding carboxylic acids is 3. The lowest BCUT2D eigenvalue weighted by Crippen LogP contribution is -2.45. The molecular weight excluding hydrogens is 330 g/mol. The second kappa shape index (κ2) is 7.72. The van der Waals surface area contributed by atoms with Gasteiger partial charge in [-0.05, 0) is 37.2 Å². The van der Waals surface area contributed by atoms with Crippen molar-refractivity contribution in [2.24, 2.45) is 5.92 Å². The van der Waals surface area contributed by atoms with Gasteiger partial charge in [0.25, 0.3) is 5.91 Å². The maximum atomic E-state index is 13.0. The summed E-state index contributed by atoms with van der Waals surface area (Å²) in [5, 5.41) is 5.65. The summed E-state index contributed by atoms with van der Waals surface area (Å²) >= 11 is 0. The van der Waals surface area contributed by atoms with Crippen molar-refractivity contribution in [3.8, 4) is 0 Å². The average Bonchev–Trinajstić information content (AvgIpc) is 2.93. The Morgan fingerprint density at radius 3 is 2.69 bits per heavy atom. The lowest BCUT2D eigenvalue weighted by molar-refractivity contribution is -0.135. The van der Waals surface area contributed by atoms with E-state index in [1.165, 1.54) is 0 Å². The normalized spacial score (nSPS) is 25.3. The molecule has 2 aliphatic rings. The van der Waals surface area contributed by atoms with Crippen molar-refractivity contribution in [1.82, 2.24) is 15.5 Å². The number of urea groups is 1. The number of benzene rings is 1. The van der Waals surface area contributed by atoms with E-state index >= 15 is 0 Å². The molecule has 3 rings (SSSR count). The van der Waals surface area contributed by atoms with Gasteiger partial charge in [0.05, 0.1) is 0 Å². The van der Waals surface area contributed by atoms with E-state index in [1.807, 2.05) is 37.3 Å². The molecule has 0 aromatic heterocycles. The number of imide groups is 1. The summed E-state index contributed by atoms with van der Waals surface area (Å²) in [4.78, 5) is 38.6. The number of amides is 4. The molecule has 2 N–H and O–H groups in total. The van der Waals surface area contributed by atoms with Crippen LogP contribution in [-0.2, 0) is 15.1 Å². The van der Waals surface area contributed by atoms with Gasteiger partial charge in [0.2, 0.25) is 5.91 Å². The first-order valence-corrected chi connectivity index (χ1v) is 9.18. The van der Waals surface area contributed by atoms with Crippen LogP contribution in [0.4, 0.5) is 4.79 Å². The van der Waals surface area contributed by atoms with Gasteiger partial charge in [0.15, 0.2) is 0 Å². The Balaban J connectivity index is 1.65. The third-order valence-electron chi connectivity index (χ3n) is 5.24. The van der Waals surface area contributed by atoms with Gasteiger partial charge in [-0.25, -0.2) is 4.79 Å². The van der Waals surface area contributed by atoms with E-state index in [-0.39, 0.29) is 18.4 Å². The fourth-order valence-electron chi connectivity index (χ4n) is 3.63. The molecule has 2 atom stereocenters. The third-order valence-corrected chi connectivity index (χ3v) is 5.24. The summed E-state index contributed by atoms with van der Waals surface area (Å²) in [6.45, 7) is 2.18. The van der Waals surface area contributed by atoms with E-state index in [2.05, 4.69) is 22.8 Å². The van der Waals surface area contributed by atoms with Gasteiger partial charge in [-0.3, -0.25) is 14.5 Å². The Labute approximate surface area is 153 Å². The van der Waals surface area contributed by atoms with Crippen molar-refractivity contribution in [2.45, 2.75) is 38.1 Å². The highest BCUT2D eigenvalue weighted by molar-refractivity contribution is 6.09. The van der Waals surface area contributed by atoms with Gasteiger partial charge in [-0.1, -0.05) is 49.4 Å². The Morgan fingerprint density at radius 1 is 1.27 bits per heavy atom. The number of allylic oxidation sites excluding steroid dienone is 2. The Hall–Kier alpha value is -2.63. The largest absolute Gasteiger partial charge is 0.354 e. The van der Waals surface area contributed by atoms with Gasteiger partial charge in [0, 0.05) is 6.54 Å². The predicted octanol–water partition coefficient (Wildman–Crippen LogP) is 2.32. The quantitative estimate of drug-likeness (QED) is 0.607. The molecule has 0 radical (unpaired) electrons. The van der Waals surface area contributed by atoms with Crippen molar-refractivity contribution in [3.05, 3.63) is 48.0 Å². The Kier molecular flexibility index (Phi) is 5.40. The molecule has 6 heteroatoms. The SMILES string of the molecule is CCC1(c2ccccc2)NC(=O)N(CC(=O)NCC2CC=CCC2)C1=O. The molecule has 0 bridgehead atoms. The second-order valence-corrected chi connectivity index (χ2v) is 6.90. The fourth-order valence-corrected chi connectivity index (χ4v) is 3.63. The van der Waals surface area contributed by atoms with Gasteiger partial charge >= 0.3 is 6.03 Å². The number of hydrogen-bond donors (Lipinski definition) is 2. The van der Waals surface area contributed by atoms with Crippen LogP contribution in [0.15, 0.2) is 42.5 Å². The van der Waals surface area contributed by atoms with Gasteiger partial charge in [0.1, 0.15) is 12.1 Å². The predicted molar refractivity (Wildman–Crippen MR) is 98.1 cm³/mol. The van der Waals surface area contributed by atoms with Crippen LogP contribution in [0, 0.1) is 5.92 Å². The summed E-state index contributed by atoms with van der Waals surface area (Å²) in [5.74, 6) is -0.249. The standard InChI is InChI=1S/C20H25N3O3/c1-2-20(16-11-7-4-8-12-16)18(25)23(19(26)22-20)14-17(24)21-13-15-9-5-3-6-10-15/h3-5,7-8,11-12,15H,2,6,9-10,13-14H2,1H3,(H,21,24)(H,22,26). The molecule has 1 aliphatic carbocycles. The van der Waals surface area contributed by atoms with Crippen molar-refractivity contribution in [1.29, 1.82) is 0 Å². The molecule has 2 unspecified atom stereocenters. The fraction of sp³-hybridized carbons (Fsp3) is 0.450. The summed E-state index contributed by atoms with van der Waals surface area (Å²) in [6.07, 6.45) is 7.74. The number of rotatable bonds is 6. The Bertz CT molecular complexity index is 716. The maximum absolute atomic E-state index is 13.0. The zero-order valence-electron chi connectivity index (χ0n) is 15.0. The van der Waals surface area contributed by atoms with E-state index in [0.717, 1.165) is 29.7 Å². The minimum atomic E-state index is -1.09. The van der Waals surface area contributed by atoms with Crippen molar-refractivity contribution < 1.29 is 14.4 Å². The molecule has 4 amide bonds. The van der Waals surface area contributed by atoms with E-state index < -0.39 is 11.6 Å². The molecule has 1 aliphatic heterocycles. The molecule has 6 nitrogen and oxygen atoms in total. The lowest BCUT2D eigenvalue weighted by atomic mass is 9.87. The van der Waals surface area contributed by atoms with E-state index in [9.17, 15) is 14.4 Å². The average molecular weight is 355 g/mol. The van der Waals surface area contributed by atoms with Crippen molar-refractivity contribution in [3.63, 3.8) is 0 Å². The number of nitrogens with one attached hydrogen (secondary N) is 2. The number of carbonyl (C=O) groups is 3. The molecule has 1 saturated heterocycles. The van der Waals surface area contributed by atoms with Crippen LogP contribution in [0.25, 0.3) is 0 Å². The second-order valence-electron chi connectivity index (χ2n) is 6.90. The Morgan fingerprint density at radius 2 is 2.04 bits per heavy atom. The topological polar surface area (TPSA) is 78.5 Å². The first kappa shape index (κ1) is 18.2. The highest BCUT2D eigenvalue weighted by Gasteiger charge is 2.51. The number of nitrogens with zero attached hydrogens (tertiary/aromatic N) is 1. The van der Waals surface area contributed by atoms with Crippen LogP contribution in [0.3, 0.4) is 0 Å². The highest BCUT2D eigenvalue weighted by Crippen LogP contribution is 2.32. The van der Waals surface area contributed by atoms with Crippen LogP contribution in [-0.4, -0.2) is 35.8 Å². The monoisotopic (exact) mass is 355 g/mol. The molecule has 0 spiro atoms. The minimum absolute atomic E-state index is 0.248. The van der Waals surface area contributed by atoms with Gasteiger partial charge < -0.3 is 10.6 Å². The van der Waals surface area contributed by atoms with E-state index in [4.69, 9.17) is 0 Å². The van der Waals surface area contributed by atoms with Crippen molar-refractivity contribution >= 4 is 17.8 Å². The molecule has 26 heavy (non-hydrogen) atoms. The zero-order valence-corrected chi connectivity index (χ0v) is 15.0. The molecule has 1 heterocycles. The summed E-state index contributed by atoms with van der Waals surface area (Å²) in [5.41, 5.74) is -0.356. The number of hydrogen-bond acceptors (Lipinski definition) is 3. The molecule has 1 aromatic carbocycles. The third kappa shape index (κ3) is 3.49. The molecular formula is C20H25N3O3. The maximum Gasteiger partial charge on any atom is 0.325 e. The van der Waals surface area contributed by atoms with Crippen LogP contribution < -0.4 is 10.6 Å². The highest BCUT2D eigenvalue weighted by atomic mass is 16.2. The molecule has 1 fully saturated rings. The first-order chi connectivity index (χ1) is 12.6. The zero-order chi connectivity index (χ0) is 18.6. The van der Waals surface area contributed by atoms with Gasteiger partial charge in [-0.2, -0.15) is 0 Å². The smallest absolute Gasteiger partial charge is 0.325 e. The summed E-state index contributed by atoms with van der Waals surface area (Å²) < 4.78 is 0. The van der Waals surface area contributed by atoms with Crippen LogP contribution in [0.1, 0.15) is 38.2 Å². The lowest BCUT2D eigenvalue weighted by Gasteiger charge is -2.25. The molecule has 0 saturated carbocycles. The van der Waals surface area contributed by atoms with Crippen LogP contribution >= 0.6 is 0 Å². The van der Waals surface area contributed by atoms with E-state index in [0.29, 0.717) is 18.9 Å². The van der Waals surface area contributed by atoms with Gasteiger partial charge in [-0.15, -0.1) is 0 Å². The minimum Gasteiger partial charge on any atom is -0.354 e. The van der Waals surface area contributed by atoms with Crippen molar-refractivity contribution in [2.75, 3.05) is 13.1 Å². The molecule has 138 valence electrons. The first-order valence-electron chi connectivity index (χ1n) is 9.18. The molecule has 1 aromatic rings. The summed E-state index contributed by atoms with van der Waals surface area (Å²) in [6, 6.07) is 8.65. The van der Waals surface area contributed by atoms with E-state index in [1.54, 1.807) is 0 Å². The van der Waals surface area contributed by atoms with Crippen LogP contribution in [0.5, 0.6) is 0 Å². The summed E-state index contributed by atoms with van der Waals surface area (Å²) in [7, 11) is 0.